The van der Waals surface area contributed by atoms with Gasteiger partial charge in [-0.25, -0.2) is 18.6 Å². The molecular formula is C24H24F2N4O5. The van der Waals surface area contributed by atoms with Crippen molar-refractivity contribution >= 4 is 28.7 Å². The Labute approximate surface area is 199 Å². The van der Waals surface area contributed by atoms with E-state index in [1.54, 1.807) is 19.2 Å². The van der Waals surface area contributed by atoms with Crippen LogP contribution in [0.1, 0.15) is 39.4 Å². The van der Waals surface area contributed by atoms with Crippen LogP contribution in [0.3, 0.4) is 0 Å². The molecule has 0 radical (unpaired) electrons. The molecule has 0 N–H and O–H groups in total. The van der Waals surface area contributed by atoms with Crippen molar-refractivity contribution in [2.45, 2.75) is 24.9 Å². The van der Waals surface area contributed by atoms with Crippen LogP contribution in [0.2, 0.25) is 0 Å². The van der Waals surface area contributed by atoms with Gasteiger partial charge in [0.05, 0.1) is 19.7 Å². The smallest absolute Gasteiger partial charge is 0.381 e. The standard InChI is InChI=1S/C24H24F2N4O5/c1-29-16-12-17(34-2)19(27-18(16)20(28-29)21(31)23(33)35-3)22(32)30-10-8-24(26,9-11-30)13-14-4-6-15(25)7-5-14/h4-7,12H,8-11,13H2,1-3H3. The molecule has 1 fully saturated rings. The number of ketones is 1. The van der Waals surface area contributed by atoms with Gasteiger partial charge in [-0.1, -0.05) is 12.1 Å². The van der Waals surface area contributed by atoms with Crippen LogP contribution in [-0.2, 0) is 23.0 Å². The fourth-order valence-electron chi connectivity index (χ4n) is 4.21. The molecule has 1 aliphatic heterocycles. The summed E-state index contributed by atoms with van der Waals surface area (Å²) in [7, 11) is 4.02. The largest absolute Gasteiger partial charge is 0.494 e. The molecular weight excluding hydrogens is 462 g/mol. The Morgan fingerprint density at radius 3 is 2.34 bits per heavy atom. The maximum absolute atomic E-state index is 15.4. The number of hydrogen-bond donors (Lipinski definition) is 0. The van der Waals surface area contributed by atoms with Gasteiger partial charge >= 0.3 is 5.97 Å². The molecule has 0 aliphatic carbocycles. The van der Waals surface area contributed by atoms with E-state index in [0.717, 1.165) is 7.11 Å². The molecule has 1 amide bonds. The second-order valence-electron chi connectivity index (χ2n) is 8.45. The Bertz CT molecular complexity index is 1300. The Morgan fingerprint density at radius 2 is 1.74 bits per heavy atom. The number of piperidine rings is 1. The van der Waals surface area contributed by atoms with Crippen LogP contribution in [0, 0.1) is 5.82 Å². The zero-order valence-electron chi connectivity index (χ0n) is 19.5. The molecule has 1 aliphatic rings. The number of halogens is 2. The maximum Gasteiger partial charge on any atom is 0.381 e. The highest BCUT2D eigenvalue weighted by Gasteiger charge is 2.37. The van der Waals surface area contributed by atoms with Crippen molar-refractivity contribution in [3.63, 3.8) is 0 Å². The number of hydrogen-bond acceptors (Lipinski definition) is 7. The number of pyridine rings is 1. The van der Waals surface area contributed by atoms with Gasteiger partial charge in [0, 0.05) is 32.6 Å². The van der Waals surface area contributed by atoms with Crippen LogP contribution < -0.4 is 4.74 Å². The number of Topliss-reactive ketones (excluding diaryl/α,β-unsaturated/α-hetero) is 1. The Morgan fingerprint density at radius 1 is 1.09 bits per heavy atom. The highest BCUT2D eigenvalue weighted by Crippen LogP contribution is 2.32. The quantitative estimate of drug-likeness (QED) is 0.300. The third-order valence-corrected chi connectivity index (χ3v) is 6.18. The van der Waals surface area contributed by atoms with Crippen molar-refractivity contribution in [1.82, 2.24) is 19.7 Å². The molecule has 4 rings (SSSR count). The highest BCUT2D eigenvalue weighted by molar-refractivity contribution is 6.42. The number of alkyl halides is 1. The first-order valence-corrected chi connectivity index (χ1v) is 10.9. The number of carbonyl (C=O) groups excluding carboxylic acids is 3. The topological polar surface area (TPSA) is 104 Å². The number of rotatable bonds is 6. The van der Waals surface area contributed by atoms with Crippen molar-refractivity contribution in [1.29, 1.82) is 0 Å². The summed E-state index contributed by atoms with van der Waals surface area (Å²) in [6.07, 6.45) is 0.316. The van der Waals surface area contributed by atoms with E-state index in [0.29, 0.717) is 11.1 Å². The fraction of sp³-hybridized carbons (Fsp3) is 0.375. The fourth-order valence-corrected chi connectivity index (χ4v) is 4.21. The maximum atomic E-state index is 15.4. The molecule has 2 aromatic heterocycles. The molecule has 0 spiro atoms. The molecule has 1 aromatic carbocycles. The van der Waals surface area contributed by atoms with Gasteiger partial charge in [-0.3, -0.25) is 14.3 Å². The number of methoxy groups -OCH3 is 2. The van der Waals surface area contributed by atoms with Crippen molar-refractivity contribution in [3.8, 4) is 5.75 Å². The minimum Gasteiger partial charge on any atom is -0.494 e. The lowest BCUT2D eigenvalue weighted by Crippen LogP contribution is -2.45. The summed E-state index contributed by atoms with van der Waals surface area (Å²) in [6.45, 7) is 0.279. The summed E-state index contributed by atoms with van der Waals surface area (Å²) in [5.74, 6) is -2.81. The predicted molar refractivity (Wildman–Crippen MR) is 120 cm³/mol. The molecule has 0 bridgehead atoms. The SMILES string of the molecule is COC(=O)C(=O)c1nn(C)c2cc(OC)c(C(=O)N3CCC(F)(Cc4ccc(F)cc4)CC3)nc12. The second kappa shape index (κ2) is 9.40. The molecule has 0 saturated carbocycles. The summed E-state index contributed by atoms with van der Waals surface area (Å²) in [4.78, 5) is 43.3. The van der Waals surface area contributed by atoms with E-state index in [9.17, 15) is 18.8 Å². The molecule has 3 aromatic rings. The molecule has 1 saturated heterocycles. The lowest BCUT2D eigenvalue weighted by Gasteiger charge is -2.36. The Balaban J connectivity index is 1.58. The summed E-state index contributed by atoms with van der Waals surface area (Å²) < 4.78 is 39.8. The van der Waals surface area contributed by atoms with Crippen LogP contribution in [0.4, 0.5) is 8.78 Å². The minimum atomic E-state index is -1.53. The van der Waals surface area contributed by atoms with E-state index < -0.39 is 23.3 Å². The van der Waals surface area contributed by atoms with Crippen LogP contribution >= 0.6 is 0 Å². The van der Waals surface area contributed by atoms with E-state index in [1.165, 1.54) is 34.9 Å². The van der Waals surface area contributed by atoms with E-state index >= 15 is 4.39 Å². The molecule has 9 nitrogen and oxygen atoms in total. The highest BCUT2D eigenvalue weighted by atomic mass is 19.1. The first-order chi connectivity index (χ1) is 16.7. The van der Waals surface area contributed by atoms with Gasteiger partial charge in [0.15, 0.2) is 17.1 Å². The Kier molecular flexibility index (Phi) is 6.51. The van der Waals surface area contributed by atoms with E-state index in [-0.39, 0.29) is 60.8 Å². The zero-order valence-corrected chi connectivity index (χ0v) is 19.5. The van der Waals surface area contributed by atoms with E-state index in [4.69, 9.17) is 4.74 Å². The van der Waals surface area contributed by atoms with Gasteiger partial charge in [-0.15, -0.1) is 0 Å². The number of carbonyl (C=O) groups is 3. The van der Waals surface area contributed by atoms with Gasteiger partial charge in [0.1, 0.15) is 17.0 Å². The average Bonchev–Trinajstić information content (AvgIpc) is 3.18. The van der Waals surface area contributed by atoms with E-state index in [2.05, 4.69) is 14.8 Å². The normalized spacial score (nSPS) is 15.2. The summed E-state index contributed by atoms with van der Waals surface area (Å²) >= 11 is 0. The van der Waals surface area contributed by atoms with Crippen molar-refractivity contribution in [2.75, 3.05) is 27.3 Å². The number of amides is 1. The number of likely N-dealkylation sites (tertiary alicyclic amines) is 1. The van der Waals surface area contributed by atoms with Gasteiger partial charge in [-0.05, 0) is 30.5 Å². The van der Waals surface area contributed by atoms with Crippen molar-refractivity contribution in [3.05, 3.63) is 53.1 Å². The minimum absolute atomic E-state index is 0.0557. The van der Waals surface area contributed by atoms with Crippen LogP contribution in [0.25, 0.3) is 11.0 Å². The van der Waals surface area contributed by atoms with Crippen LogP contribution in [0.5, 0.6) is 5.75 Å². The van der Waals surface area contributed by atoms with Gasteiger partial charge in [-0.2, -0.15) is 5.10 Å². The molecule has 0 unspecified atom stereocenters. The Hall–Kier alpha value is -3.89. The van der Waals surface area contributed by atoms with Crippen molar-refractivity contribution < 1.29 is 32.6 Å². The van der Waals surface area contributed by atoms with Gasteiger partial charge < -0.3 is 14.4 Å². The first-order valence-electron chi connectivity index (χ1n) is 10.9. The molecule has 11 heteroatoms. The molecule has 184 valence electrons. The number of fused-ring (bicyclic) bond motifs is 1. The number of nitrogens with zero attached hydrogens (tertiary/aromatic N) is 4. The summed E-state index contributed by atoms with van der Waals surface area (Å²) in [6, 6.07) is 7.21. The lowest BCUT2D eigenvalue weighted by molar-refractivity contribution is -0.135. The van der Waals surface area contributed by atoms with Crippen molar-refractivity contribution in [2.24, 2.45) is 7.05 Å². The van der Waals surface area contributed by atoms with Gasteiger partial charge in [0.25, 0.3) is 11.7 Å². The average molecular weight is 486 g/mol. The summed E-state index contributed by atoms with van der Waals surface area (Å²) in [5, 5.41) is 4.06. The zero-order chi connectivity index (χ0) is 25.3. The predicted octanol–water partition coefficient (Wildman–Crippen LogP) is 2.66. The van der Waals surface area contributed by atoms with Crippen LogP contribution in [-0.4, -0.2) is 70.3 Å². The number of aromatic nitrogens is 3. The third kappa shape index (κ3) is 4.71. The molecule has 3 heterocycles. The molecule has 35 heavy (non-hydrogen) atoms. The number of esters is 1. The third-order valence-electron chi connectivity index (χ3n) is 6.18. The van der Waals surface area contributed by atoms with Gasteiger partial charge in [0.2, 0.25) is 0 Å². The summed E-state index contributed by atoms with van der Waals surface area (Å²) in [5.41, 5.74) is -0.725. The monoisotopic (exact) mass is 486 g/mol. The number of ether oxygens (including phenoxy) is 2. The number of aryl methyl sites for hydroxylation is 1. The number of benzene rings is 1. The first kappa shape index (κ1) is 24.2. The molecule has 0 atom stereocenters. The second-order valence-corrected chi connectivity index (χ2v) is 8.45. The van der Waals surface area contributed by atoms with E-state index in [1.807, 2.05) is 0 Å². The van der Waals surface area contributed by atoms with Crippen LogP contribution in [0.15, 0.2) is 30.3 Å². The lowest BCUT2D eigenvalue weighted by atomic mass is 9.87.